The number of benzene rings is 1. The van der Waals surface area contributed by atoms with Crippen molar-refractivity contribution in [1.82, 2.24) is 10.2 Å². The van der Waals surface area contributed by atoms with E-state index in [1.54, 1.807) is 31.3 Å². The average molecular weight is 294 g/mol. The Bertz CT molecular complexity index is 524. The molecule has 114 valence electrons. The molecule has 5 nitrogen and oxygen atoms in total. The Labute approximate surface area is 123 Å². The Morgan fingerprint density at radius 1 is 1.38 bits per heavy atom. The molecule has 0 spiro atoms. The fourth-order valence-corrected chi connectivity index (χ4v) is 2.40. The summed E-state index contributed by atoms with van der Waals surface area (Å²) >= 11 is 0. The van der Waals surface area contributed by atoms with Gasteiger partial charge in [0.2, 0.25) is 5.67 Å². The van der Waals surface area contributed by atoms with Crippen LogP contribution < -0.4 is 5.32 Å². The number of carbonyl (C=O) groups is 2. The monoisotopic (exact) mass is 294 g/mol. The van der Waals surface area contributed by atoms with Gasteiger partial charge in [0, 0.05) is 26.6 Å². The lowest BCUT2D eigenvalue weighted by Crippen LogP contribution is -2.45. The van der Waals surface area contributed by atoms with Crippen LogP contribution in [0.2, 0.25) is 0 Å². The number of nitrogens with zero attached hydrogens (tertiary/aromatic N) is 1. The number of esters is 1. The van der Waals surface area contributed by atoms with Gasteiger partial charge < -0.3 is 15.0 Å². The fourth-order valence-electron chi connectivity index (χ4n) is 2.40. The fraction of sp³-hybridized carbons (Fsp3) is 0.467. The van der Waals surface area contributed by atoms with Crippen LogP contribution in [0.25, 0.3) is 0 Å². The highest BCUT2D eigenvalue weighted by molar-refractivity contribution is 5.89. The number of nitrogens with one attached hydrogen (secondary N) is 1. The molecule has 1 aromatic carbocycles. The van der Waals surface area contributed by atoms with Crippen LogP contribution in [0.5, 0.6) is 0 Å². The summed E-state index contributed by atoms with van der Waals surface area (Å²) in [6.45, 7) is 0.882. The smallest absolute Gasteiger partial charge is 0.337 e. The normalized spacial score (nSPS) is 21.1. The van der Waals surface area contributed by atoms with Crippen LogP contribution in [-0.4, -0.2) is 49.7 Å². The van der Waals surface area contributed by atoms with Crippen molar-refractivity contribution in [1.29, 1.82) is 0 Å². The third-order valence-corrected chi connectivity index (χ3v) is 3.63. The highest BCUT2D eigenvalue weighted by atomic mass is 19.1. The van der Waals surface area contributed by atoms with Gasteiger partial charge in [0.15, 0.2) is 0 Å². The van der Waals surface area contributed by atoms with Crippen LogP contribution in [0, 0.1) is 0 Å². The van der Waals surface area contributed by atoms with Gasteiger partial charge in [-0.15, -0.1) is 0 Å². The molecule has 1 heterocycles. The average Bonchev–Trinajstić information content (AvgIpc) is 2.94. The maximum atomic E-state index is 14.4. The molecule has 1 atom stereocenters. The summed E-state index contributed by atoms with van der Waals surface area (Å²) in [5.41, 5.74) is -0.536. The zero-order chi connectivity index (χ0) is 15.5. The molecule has 1 amide bonds. The Morgan fingerprint density at radius 2 is 2.05 bits per heavy atom. The van der Waals surface area contributed by atoms with E-state index >= 15 is 0 Å². The van der Waals surface area contributed by atoms with E-state index in [-0.39, 0.29) is 13.0 Å². The second-order valence-corrected chi connectivity index (χ2v) is 5.24. The molecule has 21 heavy (non-hydrogen) atoms. The molecule has 0 aromatic heterocycles. The molecule has 1 aliphatic heterocycles. The first-order chi connectivity index (χ1) is 9.96. The van der Waals surface area contributed by atoms with Gasteiger partial charge in [-0.05, 0) is 24.2 Å². The van der Waals surface area contributed by atoms with Crippen LogP contribution in [0.15, 0.2) is 24.3 Å². The lowest BCUT2D eigenvalue weighted by Gasteiger charge is -2.25. The number of alkyl halides is 1. The molecule has 0 radical (unpaired) electrons. The Balaban J connectivity index is 2.00. The minimum atomic E-state index is -1.80. The minimum Gasteiger partial charge on any atom is -0.465 e. The summed E-state index contributed by atoms with van der Waals surface area (Å²) in [7, 11) is 2.90. The highest BCUT2D eigenvalue weighted by Gasteiger charge is 2.43. The first-order valence-corrected chi connectivity index (χ1v) is 6.79. The van der Waals surface area contributed by atoms with Crippen molar-refractivity contribution in [2.75, 3.05) is 27.2 Å². The SMILES string of the molecule is COC(=O)c1ccc(CN(C)C(=O)C2(F)CCNC2)cc1. The summed E-state index contributed by atoms with van der Waals surface area (Å²) in [6, 6.07) is 6.71. The van der Waals surface area contributed by atoms with Gasteiger partial charge in [-0.1, -0.05) is 12.1 Å². The Kier molecular flexibility index (Phi) is 4.57. The third kappa shape index (κ3) is 3.39. The summed E-state index contributed by atoms with van der Waals surface area (Å²) in [6.07, 6.45) is 0.206. The van der Waals surface area contributed by atoms with Crippen LogP contribution in [0.3, 0.4) is 0 Å². The zero-order valence-corrected chi connectivity index (χ0v) is 12.2. The van der Waals surface area contributed by atoms with Crippen LogP contribution in [0.4, 0.5) is 4.39 Å². The maximum Gasteiger partial charge on any atom is 0.337 e. The van der Waals surface area contributed by atoms with Crippen LogP contribution in [0.1, 0.15) is 22.3 Å². The van der Waals surface area contributed by atoms with E-state index in [4.69, 9.17) is 0 Å². The van der Waals surface area contributed by atoms with E-state index in [1.807, 2.05) is 0 Å². The molecular formula is C15H19FN2O3. The molecule has 1 aromatic rings. The molecule has 1 aliphatic rings. The van der Waals surface area contributed by atoms with Crippen LogP contribution >= 0.6 is 0 Å². The maximum absolute atomic E-state index is 14.4. The molecule has 0 saturated carbocycles. The van der Waals surface area contributed by atoms with E-state index < -0.39 is 17.5 Å². The van der Waals surface area contributed by atoms with Gasteiger partial charge in [0.25, 0.3) is 5.91 Å². The number of ether oxygens (including phenoxy) is 1. The van der Waals surface area contributed by atoms with Gasteiger partial charge in [0.05, 0.1) is 12.7 Å². The van der Waals surface area contributed by atoms with Crippen molar-refractivity contribution < 1.29 is 18.7 Å². The summed E-state index contributed by atoms with van der Waals surface area (Å²) < 4.78 is 19.0. The van der Waals surface area contributed by atoms with Crippen LogP contribution in [-0.2, 0) is 16.1 Å². The molecular weight excluding hydrogens is 275 g/mol. The third-order valence-electron chi connectivity index (χ3n) is 3.63. The predicted octanol–water partition coefficient (Wildman–Crippen LogP) is 1.13. The van der Waals surface area contributed by atoms with Crippen molar-refractivity contribution in [3.8, 4) is 0 Å². The molecule has 1 N–H and O–H groups in total. The lowest BCUT2D eigenvalue weighted by atomic mass is 10.0. The second-order valence-electron chi connectivity index (χ2n) is 5.24. The quantitative estimate of drug-likeness (QED) is 0.846. The van der Waals surface area contributed by atoms with Crippen molar-refractivity contribution in [2.24, 2.45) is 0 Å². The Morgan fingerprint density at radius 3 is 2.57 bits per heavy atom. The highest BCUT2D eigenvalue weighted by Crippen LogP contribution is 2.23. The van der Waals surface area contributed by atoms with Gasteiger partial charge in [0.1, 0.15) is 0 Å². The number of amides is 1. The summed E-state index contributed by atoms with van der Waals surface area (Å²) in [5.74, 6) is -0.921. The lowest BCUT2D eigenvalue weighted by molar-refractivity contribution is -0.142. The molecule has 1 unspecified atom stereocenters. The first kappa shape index (κ1) is 15.4. The van der Waals surface area contributed by atoms with Gasteiger partial charge in [-0.25, -0.2) is 9.18 Å². The summed E-state index contributed by atoms with van der Waals surface area (Å²) in [5, 5.41) is 2.86. The zero-order valence-electron chi connectivity index (χ0n) is 12.2. The van der Waals surface area contributed by atoms with E-state index in [9.17, 15) is 14.0 Å². The van der Waals surface area contributed by atoms with Crippen molar-refractivity contribution in [3.05, 3.63) is 35.4 Å². The number of hydrogen-bond donors (Lipinski definition) is 1. The number of rotatable bonds is 4. The van der Waals surface area contributed by atoms with E-state index in [0.717, 1.165) is 5.56 Å². The Hall–Kier alpha value is -1.95. The molecule has 1 fully saturated rings. The first-order valence-electron chi connectivity index (χ1n) is 6.79. The van der Waals surface area contributed by atoms with Gasteiger partial charge in [-0.3, -0.25) is 4.79 Å². The number of halogens is 1. The van der Waals surface area contributed by atoms with Gasteiger partial charge in [-0.2, -0.15) is 0 Å². The molecule has 0 aliphatic carbocycles. The standard InChI is InChI=1S/C15H19FN2O3/c1-18(14(20)15(16)7-8-17-10-15)9-11-3-5-12(6-4-11)13(19)21-2/h3-6,17H,7-10H2,1-2H3. The van der Waals surface area contributed by atoms with E-state index in [1.165, 1.54) is 12.0 Å². The summed E-state index contributed by atoms with van der Waals surface area (Å²) in [4.78, 5) is 24.8. The van der Waals surface area contributed by atoms with E-state index in [0.29, 0.717) is 18.7 Å². The molecule has 2 rings (SSSR count). The molecule has 6 heteroatoms. The van der Waals surface area contributed by atoms with Gasteiger partial charge >= 0.3 is 5.97 Å². The van der Waals surface area contributed by atoms with Crippen molar-refractivity contribution in [2.45, 2.75) is 18.6 Å². The number of carbonyl (C=O) groups excluding carboxylic acids is 2. The molecule has 1 saturated heterocycles. The molecule has 0 bridgehead atoms. The largest absolute Gasteiger partial charge is 0.465 e. The topological polar surface area (TPSA) is 58.6 Å². The van der Waals surface area contributed by atoms with Crippen molar-refractivity contribution in [3.63, 3.8) is 0 Å². The number of methoxy groups -OCH3 is 1. The van der Waals surface area contributed by atoms with E-state index in [2.05, 4.69) is 10.1 Å². The predicted molar refractivity (Wildman–Crippen MR) is 75.6 cm³/mol. The second kappa shape index (κ2) is 6.22. The van der Waals surface area contributed by atoms with Crippen molar-refractivity contribution >= 4 is 11.9 Å². The minimum absolute atomic E-state index is 0.0669. The number of hydrogen-bond acceptors (Lipinski definition) is 4.